The van der Waals surface area contributed by atoms with Crippen molar-refractivity contribution in [2.75, 3.05) is 13.7 Å². The Morgan fingerprint density at radius 2 is 1.83 bits per heavy atom. The van der Waals surface area contributed by atoms with Gasteiger partial charge in [0.15, 0.2) is 5.78 Å². The summed E-state index contributed by atoms with van der Waals surface area (Å²) < 4.78 is 11.2. The maximum Gasteiger partial charge on any atom is 0.177 e. The van der Waals surface area contributed by atoms with Crippen molar-refractivity contribution in [2.45, 2.75) is 29.6 Å². The summed E-state index contributed by atoms with van der Waals surface area (Å²) in [4.78, 5) is 14.2. The lowest BCUT2D eigenvalue weighted by Crippen LogP contribution is -2.46. The average Bonchev–Trinajstić information content (AvgIpc) is 2.60. The van der Waals surface area contributed by atoms with Gasteiger partial charge in [-0.3, -0.25) is 4.79 Å². The Morgan fingerprint density at radius 3 is 2.48 bits per heavy atom. The van der Waals surface area contributed by atoms with Crippen molar-refractivity contribution in [1.82, 2.24) is 0 Å². The number of benzene rings is 2. The molecule has 2 aromatic carbocycles. The van der Waals surface area contributed by atoms with Crippen LogP contribution in [0.1, 0.15) is 29.8 Å². The van der Waals surface area contributed by atoms with E-state index in [0.717, 1.165) is 21.8 Å². The SMILES string of the molecule is CCOC1Sc2ccccc2C(=O)C1(C)c1ccc(OC)cc1. The largest absolute Gasteiger partial charge is 0.497 e. The van der Waals surface area contributed by atoms with Gasteiger partial charge in [0.25, 0.3) is 0 Å². The number of fused-ring (bicyclic) bond motifs is 1. The Kier molecular flexibility index (Phi) is 4.46. The lowest BCUT2D eigenvalue weighted by atomic mass is 9.76. The predicted molar refractivity (Wildman–Crippen MR) is 92.4 cm³/mol. The van der Waals surface area contributed by atoms with Crippen LogP contribution in [0.15, 0.2) is 53.4 Å². The average molecular weight is 328 g/mol. The number of carbonyl (C=O) groups excluding carboxylic acids is 1. The number of rotatable bonds is 4. The molecular formula is C19H20O3S. The molecule has 0 amide bonds. The molecule has 1 aliphatic heterocycles. The third kappa shape index (κ3) is 2.66. The molecule has 0 saturated heterocycles. The summed E-state index contributed by atoms with van der Waals surface area (Å²) in [6, 6.07) is 15.4. The van der Waals surface area contributed by atoms with E-state index in [-0.39, 0.29) is 11.2 Å². The van der Waals surface area contributed by atoms with E-state index >= 15 is 0 Å². The smallest absolute Gasteiger partial charge is 0.177 e. The molecule has 1 aliphatic rings. The van der Waals surface area contributed by atoms with Crippen LogP contribution in [0.25, 0.3) is 0 Å². The molecule has 0 bridgehead atoms. The Labute approximate surface area is 141 Å². The topological polar surface area (TPSA) is 35.5 Å². The molecule has 2 aromatic rings. The van der Waals surface area contributed by atoms with E-state index in [1.54, 1.807) is 18.9 Å². The molecule has 3 nitrogen and oxygen atoms in total. The van der Waals surface area contributed by atoms with Crippen molar-refractivity contribution in [1.29, 1.82) is 0 Å². The molecule has 23 heavy (non-hydrogen) atoms. The number of methoxy groups -OCH3 is 1. The van der Waals surface area contributed by atoms with Gasteiger partial charge in [-0.1, -0.05) is 42.1 Å². The van der Waals surface area contributed by atoms with E-state index in [0.29, 0.717) is 6.61 Å². The van der Waals surface area contributed by atoms with E-state index in [9.17, 15) is 4.79 Å². The van der Waals surface area contributed by atoms with Crippen LogP contribution in [0.3, 0.4) is 0 Å². The fourth-order valence-corrected chi connectivity index (χ4v) is 4.29. The van der Waals surface area contributed by atoms with Gasteiger partial charge < -0.3 is 9.47 Å². The number of ether oxygens (including phenoxy) is 2. The molecule has 0 N–H and O–H groups in total. The second-order valence-corrected chi connectivity index (χ2v) is 6.76. The zero-order valence-corrected chi connectivity index (χ0v) is 14.4. The van der Waals surface area contributed by atoms with E-state index < -0.39 is 5.41 Å². The first-order chi connectivity index (χ1) is 11.1. The van der Waals surface area contributed by atoms with Gasteiger partial charge in [0.05, 0.1) is 12.5 Å². The van der Waals surface area contributed by atoms with Crippen molar-refractivity contribution >= 4 is 17.5 Å². The monoisotopic (exact) mass is 328 g/mol. The summed E-state index contributed by atoms with van der Waals surface area (Å²) in [6.45, 7) is 4.50. The standard InChI is InChI=1S/C19H20O3S/c1-4-22-18-19(2,13-9-11-14(21-3)12-10-13)17(20)15-7-5-6-8-16(15)23-18/h5-12,18H,4H2,1-3H3. The second kappa shape index (κ2) is 6.38. The maximum absolute atomic E-state index is 13.3. The number of hydrogen-bond donors (Lipinski definition) is 0. The molecule has 0 aromatic heterocycles. The number of Topliss-reactive ketones (excluding diaryl/α,β-unsaturated/α-hetero) is 1. The van der Waals surface area contributed by atoms with Gasteiger partial charge in [-0.15, -0.1) is 0 Å². The highest BCUT2D eigenvalue weighted by Crippen LogP contribution is 2.47. The first-order valence-corrected chi connectivity index (χ1v) is 8.55. The first kappa shape index (κ1) is 16.1. The van der Waals surface area contributed by atoms with Crippen molar-refractivity contribution < 1.29 is 14.3 Å². The molecular weight excluding hydrogens is 308 g/mol. The van der Waals surface area contributed by atoms with Gasteiger partial charge >= 0.3 is 0 Å². The van der Waals surface area contributed by atoms with Gasteiger partial charge in [-0.05, 0) is 37.6 Å². The van der Waals surface area contributed by atoms with E-state index in [1.807, 2.05) is 62.4 Å². The normalized spacial score (nSPS) is 23.4. The van der Waals surface area contributed by atoms with Crippen LogP contribution in [0, 0.1) is 0 Å². The second-order valence-electron chi connectivity index (χ2n) is 5.66. The van der Waals surface area contributed by atoms with Crippen LogP contribution in [0.4, 0.5) is 0 Å². The lowest BCUT2D eigenvalue weighted by molar-refractivity contribution is 0.0529. The summed E-state index contributed by atoms with van der Waals surface area (Å²) in [7, 11) is 1.64. The minimum atomic E-state index is -0.721. The Morgan fingerprint density at radius 1 is 1.13 bits per heavy atom. The van der Waals surface area contributed by atoms with Crippen molar-refractivity contribution in [3.05, 3.63) is 59.7 Å². The number of carbonyl (C=O) groups is 1. The summed E-state index contributed by atoms with van der Waals surface area (Å²) in [5, 5.41) is 0. The van der Waals surface area contributed by atoms with Crippen molar-refractivity contribution in [3.8, 4) is 5.75 Å². The van der Waals surface area contributed by atoms with Crippen molar-refractivity contribution in [2.24, 2.45) is 0 Å². The van der Waals surface area contributed by atoms with Gasteiger partial charge in [0.2, 0.25) is 0 Å². The molecule has 2 atom stereocenters. The van der Waals surface area contributed by atoms with Gasteiger partial charge in [-0.25, -0.2) is 0 Å². The summed E-state index contributed by atoms with van der Waals surface area (Å²) >= 11 is 1.62. The van der Waals surface area contributed by atoms with E-state index in [4.69, 9.17) is 9.47 Å². The predicted octanol–water partition coefficient (Wildman–Crippen LogP) is 4.30. The first-order valence-electron chi connectivity index (χ1n) is 7.68. The highest BCUT2D eigenvalue weighted by Gasteiger charge is 2.48. The fourth-order valence-electron chi connectivity index (χ4n) is 2.93. The molecule has 3 rings (SSSR count). The summed E-state index contributed by atoms with van der Waals surface area (Å²) in [5.41, 5.74) is 0.750. The van der Waals surface area contributed by atoms with Crippen LogP contribution < -0.4 is 4.74 Å². The third-order valence-corrected chi connectivity index (χ3v) is 5.75. The molecule has 120 valence electrons. The molecule has 2 unspecified atom stereocenters. The fraction of sp³-hybridized carbons (Fsp3) is 0.316. The highest BCUT2D eigenvalue weighted by atomic mass is 32.2. The van der Waals surface area contributed by atoms with Gasteiger partial charge in [0, 0.05) is 17.1 Å². The van der Waals surface area contributed by atoms with Crippen LogP contribution in [-0.2, 0) is 10.2 Å². The Hall–Kier alpha value is -1.78. The Bertz CT molecular complexity index is 711. The molecule has 0 spiro atoms. The maximum atomic E-state index is 13.3. The minimum Gasteiger partial charge on any atom is -0.497 e. The highest BCUT2D eigenvalue weighted by molar-refractivity contribution is 8.00. The molecule has 0 saturated carbocycles. The summed E-state index contributed by atoms with van der Waals surface area (Å²) in [6.07, 6.45) is 0. The number of ketones is 1. The third-order valence-electron chi connectivity index (χ3n) is 4.32. The molecule has 0 fully saturated rings. The quantitative estimate of drug-likeness (QED) is 0.838. The zero-order chi connectivity index (χ0) is 16.4. The number of hydrogen-bond acceptors (Lipinski definition) is 4. The molecule has 4 heteroatoms. The minimum absolute atomic E-state index is 0.107. The number of thioether (sulfide) groups is 1. The molecule has 1 heterocycles. The molecule has 0 aliphatic carbocycles. The van der Waals surface area contributed by atoms with Gasteiger partial charge in [-0.2, -0.15) is 0 Å². The Balaban J connectivity index is 2.10. The van der Waals surface area contributed by atoms with Crippen LogP contribution in [0.5, 0.6) is 5.75 Å². The lowest BCUT2D eigenvalue weighted by Gasteiger charge is -2.40. The van der Waals surface area contributed by atoms with Crippen molar-refractivity contribution in [3.63, 3.8) is 0 Å². The van der Waals surface area contributed by atoms with Gasteiger partial charge in [0.1, 0.15) is 11.2 Å². The van der Waals surface area contributed by atoms with Crippen LogP contribution in [-0.4, -0.2) is 24.9 Å². The van der Waals surface area contributed by atoms with E-state index in [2.05, 4.69) is 0 Å². The molecule has 0 radical (unpaired) electrons. The van der Waals surface area contributed by atoms with Crippen LogP contribution in [0.2, 0.25) is 0 Å². The van der Waals surface area contributed by atoms with Crippen LogP contribution >= 0.6 is 11.8 Å². The van der Waals surface area contributed by atoms with E-state index in [1.165, 1.54) is 0 Å². The summed E-state index contributed by atoms with van der Waals surface area (Å²) in [5.74, 6) is 0.886. The zero-order valence-electron chi connectivity index (χ0n) is 13.5.